The predicted octanol–water partition coefficient (Wildman–Crippen LogP) is 2.92. The summed E-state index contributed by atoms with van der Waals surface area (Å²) in [5.41, 5.74) is 1.82. The molecule has 0 atom stereocenters. The molecule has 1 aromatic rings. The number of nitrogens with zero attached hydrogens (tertiary/aromatic N) is 2. The molecule has 1 fully saturated rings. The number of guanidine groups is 1. The molecule has 1 aliphatic rings. The number of halogens is 1. The highest BCUT2D eigenvalue weighted by atomic mass is 127. The van der Waals surface area contributed by atoms with Crippen molar-refractivity contribution >= 4 is 35.8 Å². The van der Waals surface area contributed by atoms with Crippen molar-refractivity contribution in [1.82, 2.24) is 15.5 Å². The zero-order valence-electron chi connectivity index (χ0n) is 17.4. The van der Waals surface area contributed by atoms with Crippen molar-refractivity contribution < 1.29 is 9.53 Å². The van der Waals surface area contributed by atoms with E-state index >= 15 is 0 Å². The quantitative estimate of drug-likeness (QED) is 0.326. The third-order valence-electron chi connectivity index (χ3n) is 4.99. The van der Waals surface area contributed by atoms with E-state index in [4.69, 9.17) is 9.73 Å². The Hall–Kier alpha value is -1.35. The molecule has 0 aromatic heterocycles. The minimum atomic E-state index is -0.0541. The molecule has 28 heavy (non-hydrogen) atoms. The van der Waals surface area contributed by atoms with Crippen LogP contribution >= 0.6 is 24.0 Å². The summed E-state index contributed by atoms with van der Waals surface area (Å²) >= 11 is 0. The van der Waals surface area contributed by atoms with E-state index in [1.54, 1.807) is 7.05 Å². The second-order valence-corrected chi connectivity index (χ2v) is 7.03. The van der Waals surface area contributed by atoms with Crippen molar-refractivity contribution in [2.75, 3.05) is 46.9 Å². The molecule has 1 heterocycles. The lowest BCUT2D eigenvalue weighted by atomic mass is 9.96. The lowest BCUT2D eigenvalue weighted by molar-refractivity contribution is 0.0625. The molecule has 0 saturated carbocycles. The molecule has 6 nitrogen and oxygen atoms in total. The van der Waals surface area contributed by atoms with Gasteiger partial charge in [0.1, 0.15) is 0 Å². The highest BCUT2D eigenvalue weighted by Gasteiger charge is 2.15. The molecule has 0 spiro atoms. The highest BCUT2D eigenvalue weighted by Crippen LogP contribution is 2.18. The van der Waals surface area contributed by atoms with Gasteiger partial charge >= 0.3 is 0 Å². The second kappa shape index (κ2) is 13.8. The van der Waals surface area contributed by atoms with Gasteiger partial charge in [-0.25, -0.2) is 0 Å². The Kier molecular flexibility index (Phi) is 12.1. The zero-order valence-corrected chi connectivity index (χ0v) is 19.7. The summed E-state index contributed by atoms with van der Waals surface area (Å²) < 4.78 is 5.44. The number of hydrogen-bond acceptors (Lipinski definition) is 3. The lowest BCUT2D eigenvalue weighted by Crippen LogP contribution is -2.40. The number of hydrogen-bond donors (Lipinski definition) is 2. The SMILES string of the molecule is CCNC(=NCCc1cccc(C(=O)NC)c1)N(C)CCC1CCOCC1.I. The van der Waals surface area contributed by atoms with Gasteiger partial charge in [-0.2, -0.15) is 0 Å². The van der Waals surface area contributed by atoms with E-state index in [-0.39, 0.29) is 29.9 Å². The third-order valence-corrected chi connectivity index (χ3v) is 4.99. The van der Waals surface area contributed by atoms with E-state index in [1.165, 1.54) is 19.3 Å². The first-order valence-corrected chi connectivity index (χ1v) is 10.0. The van der Waals surface area contributed by atoms with E-state index < -0.39 is 0 Å². The standard InChI is InChI=1S/C21H34N4O2.HI/c1-4-23-21(25(3)13-9-17-10-14-27-15-11-17)24-12-8-18-6-5-7-19(16-18)20(26)22-2;/h5-7,16-17H,4,8-15H2,1-3H3,(H,22,26)(H,23,24);1H. The molecule has 0 aliphatic carbocycles. The Morgan fingerprint density at radius 1 is 1.32 bits per heavy atom. The van der Waals surface area contributed by atoms with E-state index in [0.29, 0.717) is 12.1 Å². The largest absolute Gasteiger partial charge is 0.381 e. The van der Waals surface area contributed by atoms with Crippen LogP contribution in [-0.2, 0) is 11.2 Å². The minimum Gasteiger partial charge on any atom is -0.381 e. The van der Waals surface area contributed by atoms with E-state index in [2.05, 4.69) is 29.5 Å². The molecule has 2 N–H and O–H groups in total. The number of ether oxygens (including phenoxy) is 1. The average molecular weight is 502 g/mol. The normalized spacial score (nSPS) is 14.9. The number of nitrogens with one attached hydrogen (secondary N) is 2. The van der Waals surface area contributed by atoms with Gasteiger partial charge in [0.05, 0.1) is 0 Å². The maximum Gasteiger partial charge on any atom is 0.251 e. The molecule has 158 valence electrons. The molecule has 0 bridgehead atoms. The fourth-order valence-electron chi connectivity index (χ4n) is 3.29. The van der Waals surface area contributed by atoms with Crippen molar-refractivity contribution in [3.63, 3.8) is 0 Å². The van der Waals surface area contributed by atoms with Crippen molar-refractivity contribution in [1.29, 1.82) is 0 Å². The molecule has 2 rings (SSSR count). The minimum absolute atomic E-state index is 0. The fraction of sp³-hybridized carbons (Fsp3) is 0.619. The van der Waals surface area contributed by atoms with Crippen molar-refractivity contribution in [3.05, 3.63) is 35.4 Å². The first kappa shape index (κ1) is 24.7. The van der Waals surface area contributed by atoms with Crippen LogP contribution in [0.4, 0.5) is 0 Å². The molecule has 0 unspecified atom stereocenters. The zero-order chi connectivity index (χ0) is 19.5. The van der Waals surface area contributed by atoms with Crippen LogP contribution in [-0.4, -0.2) is 63.7 Å². The summed E-state index contributed by atoms with van der Waals surface area (Å²) in [5, 5.41) is 6.05. The van der Waals surface area contributed by atoms with Gasteiger partial charge in [-0.05, 0) is 56.2 Å². The Labute approximate surface area is 186 Å². The fourth-order valence-corrected chi connectivity index (χ4v) is 3.29. The Morgan fingerprint density at radius 2 is 2.07 bits per heavy atom. The van der Waals surface area contributed by atoms with Gasteiger partial charge in [-0.1, -0.05) is 12.1 Å². The molecule has 7 heteroatoms. The molecule has 0 radical (unpaired) electrons. The number of rotatable bonds is 8. The van der Waals surface area contributed by atoms with Gasteiger partial charge < -0.3 is 20.3 Å². The summed E-state index contributed by atoms with van der Waals surface area (Å²) in [4.78, 5) is 18.8. The number of aliphatic imine (C=N–C) groups is 1. The van der Waals surface area contributed by atoms with Crippen LogP contribution < -0.4 is 10.6 Å². The Morgan fingerprint density at radius 3 is 2.75 bits per heavy atom. The van der Waals surface area contributed by atoms with Crippen molar-refractivity contribution in [2.45, 2.75) is 32.6 Å². The smallest absolute Gasteiger partial charge is 0.251 e. The molecule has 1 aliphatic heterocycles. The van der Waals surface area contributed by atoms with Gasteiger partial charge in [0.15, 0.2) is 5.96 Å². The maximum absolute atomic E-state index is 11.8. The number of amides is 1. The summed E-state index contributed by atoms with van der Waals surface area (Å²) in [7, 11) is 3.76. The van der Waals surface area contributed by atoms with Crippen molar-refractivity contribution in [2.24, 2.45) is 10.9 Å². The van der Waals surface area contributed by atoms with Crippen LogP contribution in [0, 0.1) is 5.92 Å². The number of carbonyl (C=O) groups is 1. The molecular weight excluding hydrogens is 467 g/mol. The Balaban J connectivity index is 0.00000392. The second-order valence-electron chi connectivity index (χ2n) is 7.03. The lowest BCUT2D eigenvalue weighted by Gasteiger charge is -2.26. The third kappa shape index (κ3) is 8.34. The number of benzene rings is 1. The summed E-state index contributed by atoms with van der Waals surface area (Å²) in [6.07, 6.45) is 4.33. The summed E-state index contributed by atoms with van der Waals surface area (Å²) in [6, 6.07) is 7.74. The topological polar surface area (TPSA) is 66.0 Å². The first-order valence-electron chi connectivity index (χ1n) is 10.0. The molecule has 1 saturated heterocycles. The number of carbonyl (C=O) groups excluding carboxylic acids is 1. The van der Waals surface area contributed by atoms with Gasteiger partial charge in [0.25, 0.3) is 5.91 Å². The highest BCUT2D eigenvalue weighted by molar-refractivity contribution is 14.0. The van der Waals surface area contributed by atoms with Gasteiger partial charge in [-0.3, -0.25) is 9.79 Å². The molecule has 1 amide bonds. The average Bonchev–Trinajstić information content (AvgIpc) is 2.71. The van der Waals surface area contributed by atoms with Gasteiger partial charge in [0.2, 0.25) is 0 Å². The molecular formula is C21H35IN4O2. The van der Waals surface area contributed by atoms with Gasteiger partial charge in [0, 0.05) is 52.5 Å². The first-order chi connectivity index (χ1) is 13.1. The van der Waals surface area contributed by atoms with E-state index in [9.17, 15) is 4.79 Å². The van der Waals surface area contributed by atoms with Crippen molar-refractivity contribution in [3.8, 4) is 0 Å². The van der Waals surface area contributed by atoms with Crippen LogP contribution in [0.5, 0.6) is 0 Å². The summed E-state index contributed by atoms with van der Waals surface area (Å²) in [5.74, 6) is 1.66. The van der Waals surface area contributed by atoms with Crippen LogP contribution in [0.15, 0.2) is 29.3 Å². The van der Waals surface area contributed by atoms with Crippen LogP contribution in [0.3, 0.4) is 0 Å². The van der Waals surface area contributed by atoms with Gasteiger partial charge in [-0.15, -0.1) is 24.0 Å². The predicted molar refractivity (Wildman–Crippen MR) is 126 cm³/mol. The van der Waals surface area contributed by atoms with E-state index in [1.807, 2.05) is 24.3 Å². The monoisotopic (exact) mass is 502 g/mol. The Bertz CT molecular complexity index is 618. The van der Waals surface area contributed by atoms with Crippen LogP contribution in [0.1, 0.15) is 42.1 Å². The maximum atomic E-state index is 11.8. The van der Waals surface area contributed by atoms with E-state index in [0.717, 1.165) is 50.2 Å². The van der Waals surface area contributed by atoms with Crippen LogP contribution in [0.25, 0.3) is 0 Å². The molecule has 1 aromatic carbocycles. The van der Waals surface area contributed by atoms with Crippen LogP contribution in [0.2, 0.25) is 0 Å². The summed E-state index contributed by atoms with van der Waals surface area (Å²) in [6.45, 7) is 6.44.